The summed E-state index contributed by atoms with van der Waals surface area (Å²) in [5.74, 6) is -0.406. The second-order valence-corrected chi connectivity index (χ2v) is 6.56. The first kappa shape index (κ1) is 16.1. The van der Waals surface area contributed by atoms with Gasteiger partial charge in [-0.2, -0.15) is 0 Å². The molecule has 0 amide bonds. The predicted molar refractivity (Wildman–Crippen MR) is 89.3 cm³/mol. The van der Waals surface area contributed by atoms with Gasteiger partial charge >= 0.3 is 6.09 Å². The van der Waals surface area contributed by atoms with Crippen LogP contribution in [0, 0.1) is 12.7 Å². The van der Waals surface area contributed by atoms with E-state index in [0.717, 1.165) is 0 Å². The van der Waals surface area contributed by atoms with E-state index in [9.17, 15) is 9.18 Å². The van der Waals surface area contributed by atoms with Crippen molar-refractivity contribution in [3.63, 3.8) is 0 Å². The Labute approximate surface area is 139 Å². The lowest BCUT2D eigenvalue weighted by atomic mass is 10.2. The smallest absolute Gasteiger partial charge is 0.419 e. The van der Waals surface area contributed by atoms with Crippen molar-refractivity contribution in [1.82, 2.24) is 14.5 Å². The average Bonchev–Trinajstić information content (AvgIpc) is 2.86. The van der Waals surface area contributed by atoms with Crippen LogP contribution in [0.3, 0.4) is 0 Å². The molecule has 24 heavy (non-hydrogen) atoms. The fourth-order valence-corrected chi connectivity index (χ4v) is 2.47. The van der Waals surface area contributed by atoms with Gasteiger partial charge in [0.2, 0.25) is 0 Å². The van der Waals surface area contributed by atoms with Crippen LogP contribution in [0.2, 0.25) is 0 Å². The molecule has 0 spiro atoms. The summed E-state index contributed by atoms with van der Waals surface area (Å²) in [6.45, 7) is 7.15. The highest BCUT2D eigenvalue weighted by molar-refractivity contribution is 5.96. The molecule has 0 bridgehead atoms. The number of carbonyl (C=O) groups excluding carboxylic acids is 1. The molecule has 2 aromatic heterocycles. The van der Waals surface area contributed by atoms with E-state index >= 15 is 0 Å². The van der Waals surface area contributed by atoms with Crippen LogP contribution in [0.25, 0.3) is 22.3 Å². The largest absolute Gasteiger partial charge is 0.443 e. The Morgan fingerprint density at radius 3 is 2.67 bits per heavy atom. The Morgan fingerprint density at radius 2 is 2.00 bits per heavy atom. The SMILES string of the molecule is Cc1cncc(-c2cc3c(F)cccc3n2C(=O)OC(C)(C)C)n1. The van der Waals surface area contributed by atoms with E-state index in [0.29, 0.717) is 28.0 Å². The summed E-state index contributed by atoms with van der Waals surface area (Å²) in [5.41, 5.74) is 1.39. The molecule has 5 nitrogen and oxygen atoms in total. The van der Waals surface area contributed by atoms with Crippen molar-refractivity contribution in [3.05, 3.63) is 48.2 Å². The standard InChI is InChI=1S/C18H18FN3O2/c1-11-9-20-10-14(21-11)16-8-12-13(19)6-5-7-15(12)22(16)17(23)24-18(2,3)4/h5-10H,1-4H3. The Bertz CT molecular complexity index is 926. The first-order valence-corrected chi connectivity index (χ1v) is 7.58. The maximum Gasteiger partial charge on any atom is 0.419 e. The number of benzene rings is 1. The van der Waals surface area contributed by atoms with Crippen molar-refractivity contribution in [2.45, 2.75) is 33.3 Å². The molecule has 0 N–H and O–H groups in total. The van der Waals surface area contributed by atoms with Gasteiger partial charge in [-0.15, -0.1) is 0 Å². The van der Waals surface area contributed by atoms with E-state index in [2.05, 4.69) is 9.97 Å². The van der Waals surface area contributed by atoms with Crippen LogP contribution in [-0.2, 0) is 4.74 Å². The molecule has 124 valence electrons. The van der Waals surface area contributed by atoms with Gasteiger partial charge in [-0.1, -0.05) is 6.07 Å². The molecular formula is C18H18FN3O2. The van der Waals surface area contributed by atoms with E-state index in [1.54, 1.807) is 58.3 Å². The van der Waals surface area contributed by atoms with Gasteiger partial charge in [0.25, 0.3) is 0 Å². The monoisotopic (exact) mass is 327 g/mol. The van der Waals surface area contributed by atoms with Gasteiger partial charge in [0.1, 0.15) is 17.1 Å². The van der Waals surface area contributed by atoms with E-state index < -0.39 is 17.5 Å². The average molecular weight is 327 g/mol. The minimum atomic E-state index is -0.670. The fourth-order valence-electron chi connectivity index (χ4n) is 2.47. The first-order chi connectivity index (χ1) is 11.3. The number of aryl methyl sites for hydroxylation is 1. The molecule has 6 heteroatoms. The highest BCUT2D eigenvalue weighted by Crippen LogP contribution is 2.29. The van der Waals surface area contributed by atoms with Crippen LogP contribution in [-0.4, -0.2) is 26.2 Å². The van der Waals surface area contributed by atoms with Crippen LogP contribution in [0.15, 0.2) is 36.7 Å². The van der Waals surface area contributed by atoms with Gasteiger partial charge < -0.3 is 4.74 Å². The summed E-state index contributed by atoms with van der Waals surface area (Å²) in [4.78, 5) is 21.2. The van der Waals surface area contributed by atoms with E-state index in [1.807, 2.05) is 0 Å². The Hall–Kier alpha value is -2.76. The minimum absolute atomic E-state index is 0.335. The van der Waals surface area contributed by atoms with Gasteiger partial charge in [0.15, 0.2) is 0 Å². The zero-order valence-electron chi connectivity index (χ0n) is 14.0. The molecule has 3 aromatic rings. The van der Waals surface area contributed by atoms with Crippen molar-refractivity contribution < 1.29 is 13.9 Å². The lowest BCUT2D eigenvalue weighted by Crippen LogP contribution is -2.27. The Balaban J connectivity index is 2.26. The van der Waals surface area contributed by atoms with Crippen LogP contribution in [0.4, 0.5) is 9.18 Å². The third-order valence-corrected chi connectivity index (χ3v) is 3.39. The highest BCUT2D eigenvalue weighted by atomic mass is 19.1. The second-order valence-electron chi connectivity index (χ2n) is 6.56. The van der Waals surface area contributed by atoms with Crippen molar-refractivity contribution >= 4 is 17.0 Å². The van der Waals surface area contributed by atoms with Crippen molar-refractivity contribution in [2.75, 3.05) is 0 Å². The molecular weight excluding hydrogens is 309 g/mol. The summed E-state index contributed by atoms with van der Waals surface area (Å²) >= 11 is 0. The molecule has 0 radical (unpaired) electrons. The minimum Gasteiger partial charge on any atom is -0.443 e. The molecule has 0 fully saturated rings. The van der Waals surface area contributed by atoms with E-state index in [4.69, 9.17) is 4.74 Å². The van der Waals surface area contributed by atoms with Gasteiger partial charge in [0.05, 0.1) is 23.1 Å². The van der Waals surface area contributed by atoms with Crippen LogP contribution < -0.4 is 0 Å². The van der Waals surface area contributed by atoms with Gasteiger partial charge in [0, 0.05) is 11.6 Å². The van der Waals surface area contributed by atoms with Crippen LogP contribution in [0.5, 0.6) is 0 Å². The predicted octanol–water partition coefficient (Wildman–Crippen LogP) is 4.33. The van der Waals surface area contributed by atoms with Gasteiger partial charge in [-0.25, -0.2) is 18.7 Å². The fraction of sp³-hybridized carbons (Fsp3) is 0.278. The molecule has 0 aliphatic carbocycles. The molecule has 2 heterocycles. The molecule has 0 atom stereocenters. The van der Waals surface area contributed by atoms with Crippen molar-refractivity contribution in [2.24, 2.45) is 0 Å². The number of hydrogen-bond acceptors (Lipinski definition) is 4. The first-order valence-electron chi connectivity index (χ1n) is 7.58. The number of halogens is 1. The maximum atomic E-state index is 14.2. The molecule has 0 aliphatic heterocycles. The maximum absolute atomic E-state index is 14.2. The van der Waals surface area contributed by atoms with E-state index in [1.165, 1.54) is 10.6 Å². The number of hydrogen-bond donors (Lipinski definition) is 0. The van der Waals surface area contributed by atoms with Crippen LogP contribution >= 0.6 is 0 Å². The summed E-state index contributed by atoms with van der Waals surface area (Å²) in [6, 6.07) is 6.19. The lowest BCUT2D eigenvalue weighted by molar-refractivity contribution is 0.0547. The zero-order valence-corrected chi connectivity index (χ0v) is 14.0. The van der Waals surface area contributed by atoms with E-state index in [-0.39, 0.29) is 0 Å². The summed E-state index contributed by atoms with van der Waals surface area (Å²) in [5, 5.41) is 0.335. The number of rotatable bonds is 1. The summed E-state index contributed by atoms with van der Waals surface area (Å²) < 4.78 is 21.0. The molecule has 0 saturated carbocycles. The number of aromatic nitrogens is 3. The number of ether oxygens (including phenoxy) is 1. The van der Waals surface area contributed by atoms with Crippen LogP contribution in [0.1, 0.15) is 26.5 Å². The quantitative estimate of drug-likeness (QED) is 0.667. The highest BCUT2D eigenvalue weighted by Gasteiger charge is 2.24. The molecule has 3 rings (SSSR count). The molecule has 0 unspecified atom stereocenters. The molecule has 1 aromatic carbocycles. The number of carbonyl (C=O) groups is 1. The van der Waals surface area contributed by atoms with Crippen molar-refractivity contribution in [1.29, 1.82) is 0 Å². The van der Waals surface area contributed by atoms with Crippen molar-refractivity contribution in [3.8, 4) is 11.4 Å². The number of fused-ring (bicyclic) bond motifs is 1. The third kappa shape index (κ3) is 2.99. The van der Waals surface area contributed by atoms with Gasteiger partial charge in [-0.3, -0.25) is 4.98 Å². The van der Waals surface area contributed by atoms with Gasteiger partial charge in [-0.05, 0) is 45.9 Å². The Kier molecular flexibility index (Phi) is 3.83. The third-order valence-electron chi connectivity index (χ3n) is 3.39. The lowest BCUT2D eigenvalue weighted by Gasteiger charge is -2.20. The zero-order chi connectivity index (χ0) is 17.5. The number of nitrogens with zero attached hydrogens (tertiary/aromatic N) is 3. The molecule has 0 aliphatic rings. The Morgan fingerprint density at radius 1 is 1.25 bits per heavy atom. The molecule has 0 saturated heterocycles. The normalized spacial score (nSPS) is 11.7. The summed E-state index contributed by atoms with van der Waals surface area (Å²) in [7, 11) is 0. The second kappa shape index (κ2) is 5.70. The topological polar surface area (TPSA) is 57.0 Å². The summed E-state index contributed by atoms with van der Waals surface area (Å²) in [6.07, 6.45) is 2.58.